The van der Waals surface area contributed by atoms with Crippen LogP contribution in [0.2, 0.25) is 5.15 Å². The molecule has 1 aromatic rings. The Morgan fingerprint density at radius 3 is 2.94 bits per heavy atom. The van der Waals surface area contributed by atoms with Crippen molar-refractivity contribution < 1.29 is 9.84 Å². The Hall–Kier alpha value is -0.910. The van der Waals surface area contributed by atoms with E-state index in [0.29, 0.717) is 29.8 Å². The lowest BCUT2D eigenvalue weighted by molar-refractivity contribution is 0.178. The minimum absolute atomic E-state index is 0.131. The van der Waals surface area contributed by atoms with Gasteiger partial charge in [0, 0.05) is 25.8 Å². The molecule has 0 aliphatic carbocycles. The molecule has 1 unspecified atom stereocenters. The Labute approximate surface area is 99.8 Å². The Morgan fingerprint density at radius 2 is 2.31 bits per heavy atom. The van der Waals surface area contributed by atoms with Gasteiger partial charge in [0.15, 0.2) is 5.82 Å². The van der Waals surface area contributed by atoms with Crippen LogP contribution in [0.5, 0.6) is 0 Å². The Balaban J connectivity index is 2.71. The van der Waals surface area contributed by atoms with Crippen molar-refractivity contribution in [3.63, 3.8) is 0 Å². The summed E-state index contributed by atoms with van der Waals surface area (Å²) >= 11 is 5.85. The third-order valence-electron chi connectivity index (χ3n) is 1.97. The number of hydrogen-bond donors (Lipinski definition) is 2. The fourth-order valence-corrected chi connectivity index (χ4v) is 1.45. The fourth-order valence-electron chi connectivity index (χ4n) is 1.25. The predicted octanol–water partition coefficient (Wildman–Crippen LogP) is 1.46. The Morgan fingerprint density at radius 1 is 1.56 bits per heavy atom. The van der Waals surface area contributed by atoms with E-state index in [2.05, 4.69) is 15.3 Å². The summed E-state index contributed by atoms with van der Waals surface area (Å²) in [5.41, 5.74) is 0. The van der Waals surface area contributed by atoms with Crippen LogP contribution in [-0.4, -0.2) is 34.8 Å². The number of aliphatic hydroxyl groups is 1. The van der Waals surface area contributed by atoms with E-state index in [1.165, 1.54) is 0 Å². The van der Waals surface area contributed by atoms with Crippen molar-refractivity contribution in [2.75, 3.05) is 19.0 Å². The zero-order valence-electron chi connectivity index (χ0n) is 9.40. The number of ether oxygens (including phenoxy) is 1. The smallest absolute Gasteiger partial charge is 0.158 e. The summed E-state index contributed by atoms with van der Waals surface area (Å²) in [7, 11) is 1.58. The highest BCUT2D eigenvalue weighted by Gasteiger charge is 2.06. The maximum absolute atomic E-state index is 8.79. The van der Waals surface area contributed by atoms with Crippen molar-refractivity contribution in [3.05, 3.63) is 17.0 Å². The molecule has 1 rings (SSSR count). The maximum atomic E-state index is 8.79. The molecule has 0 spiro atoms. The van der Waals surface area contributed by atoms with Crippen molar-refractivity contribution in [2.24, 2.45) is 0 Å². The monoisotopic (exact) mass is 245 g/mol. The van der Waals surface area contributed by atoms with Gasteiger partial charge in [-0.3, -0.25) is 0 Å². The van der Waals surface area contributed by atoms with Gasteiger partial charge in [-0.15, -0.1) is 0 Å². The second-order valence-corrected chi connectivity index (χ2v) is 3.87. The van der Waals surface area contributed by atoms with Crippen LogP contribution in [0.1, 0.15) is 19.2 Å². The van der Waals surface area contributed by atoms with Crippen molar-refractivity contribution in [3.8, 4) is 0 Å². The van der Waals surface area contributed by atoms with Crippen LogP contribution >= 0.6 is 11.6 Å². The molecule has 2 N–H and O–H groups in total. The molecule has 0 aliphatic heterocycles. The van der Waals surface area contributed by atoms with Gasteiger partial charge < -0.3 is 15.2 Å². The molecule has 5 nitrogen and oxygen atoms in total. The van der Waals surface area contributed by atoms with Gasteiger partial charge in [0.2, 0.25) is 0 Å². The Kier molecular flexibility index (Phi) is 5.45. The number of aliphatic hydroxyl groups excluding tert-OH is 1. The van der Waals surface area contributed by atoms with E-state index in [9.17, 15) is 0 Å². The molecule has 0 bridgehead atoms. The second kappa shape index (κ2) is 6.62. The molecule has 1 heterocycles. The minimum atomic E-state index is 0.131. The van der Waals surface area contributed by atoms with Gasteiger partial charge in [-0.1, -0.05) is 11.6 Å². The molecule has 0 amide bonds. The van der Waals surface area contributed by atoms with Gasteiger partial charge >= 0.3 is 0 Å². The second-order valence-electron chi connectivity index (χ2n) is 3.48. The van der Waals surface area contributed by atoms with Crippen LogP contribution in [0.15, 0.2) is 6.07 Å². The van der Waals surface area contributed by atoms with Gasteiger partial charge in [-0.25, -0.2) is 9.97 Å². The minimum Gasteiger partial charge on any atom is -0.396 e. The first-order valence-corrected chi connectivity index (χ1v) is 5.43. The lowest BCUT2D eigenvalue weighted by Crippen LogP contribution is -2.18. The number of aromatic nitrogens is 2. The first-order valence-electron chi connectivity index (χ1n) is 5.05. The molecule has 16 heavy (non-hydrogen) atoms. The number of rotatable bonds is 6. The molecule has 0 saturated heterocycles. The van der Waals surface area contributed by atoms with Gasteiger partial charge in [0.1, 0.15) is 17.6 Å². The largest absolute Gasteiger partial charge is 0.396 e. The zero-order valence-corrected chi connectivity index (χ0v) is 10.2. The number of hydrogen-bond acceptors (Lipinski definition) is 5. The average Bonchev–Trinajstić information content (AvgIpc) is 2.17. The number of anilines is 1. The van der Waals surface area contributed by atoms with E-state index >= 15 is 0 Å². The third-order valence-corrected chi connectivity index (χ3v) is 2.16. The van der Waals surface area contributed by atoms with E-state index in [1.807, 2.05) is 6.92 Å². The molecular weight excluding hydrogens is 230 g/mol. The molecule has 6 heteroatoms. The summed E-state index contributed by atoms with van der Waals surface area (Å²) in [5, 5.41) is 12.3. The molecular formula is C10H16ClN3O2. The van der Waals surface area contributed by atoms with Crippen LogP contribution in [0.3, 0.4) is 0 Å². The number of nitrogens with one attached hydrogen (secondary N) is 1. The quantitative estimate of drug-likeness (QED) is 0.743. The number of methoxy groups -OCH3 is 1. The van der Waals surface area contributed by atoms with E-state index in [0.717, 1.165) is 0 Å². The summed E-state index contributed by atoms with van der Waals surface area (Å²) in [6, 6.07) is 1.78. The van der Waals surface area contributed by atoms with Crippen molar-refractivity contribution in [2.45, 2.75) is 26.0 Å². The molecule has 90 valence electrons. The van der Waals surface area contributed by atoms with E-state index in [-0.39, 0.29) is 12.6 Å². The molecule has 1 aromatic heterocycles. The van der Waals surface area contributed by atoms with Crippen LogP contribution in [-0.2, 0) is 11.3 Å². The lowest BCUT2D eigenvalue weighted by Gasteiger charge is -2.13. The van der Waals surface area contributed by atoms with E-state index in [4.69, 9.17) is 21.4 Å². The van der Waals surface area contributed by atoms with Crippen LogP contribution in [0.25, 0.3) is 0 Å². The first kappa shape index (κ1) is 13.2. The number of nitrogens with zero attached hydrogens (tertiary/aromatic N) is 2. The molecule has 1 atom stereocenters. The van der Waals surface area contributed by atoms with Crippen LogP contribution < -0.4 is 5.32 Å². The standard InChI is InChI=1S/C10H16ClN3O2/c1-7(3-4-15)12-9-5-8(11)13-10(14-9)6-16-2/h5,7,15H,3-4,6H2,1-2H3,(H,12,13,14). The molecule has 0 aromatic carbocycles. The molecule has 0 fully saturated rings. The predicted molar refractivity (Wildman–Crippen MR) is 62.5 cm³/mol. The lowest BCUT2D eigenvalue weighted by atomic mass is 10.2. The van der Waals surface area contributed by atoms with Crippen LogP contribution in [0, 0.1) is 0 Å². The normalized spacial score (nSPS) is 12.5. The van der Waals surface area contributed by atoms with Gasteiger partial charge in [0.25, 0.3) is 0 Å². The summed E-state index contributed by atoms with van der Waals surface area (Å²) < 4.78 is 4.94. The molecule has 0 saturated carbocycles. The SMILES string of the molecule is COCc1nc(Cl)cc(NC(C)CCO)n1. The van der Waals surface area contributed by atoms with E-state index < -0.39 is 0 Å². The highest BCUT2D eigenvalue weighted by Crippen LogP contribution is 2.13. The first-order chi connectivity index (χ1) is 7.65. The third kappa shape index (κ3) is 4.30. The van der Waals surface area contributed by atoms with Crippen LogP contribution in [0.4, 0.5) is 5.82 Å². The van der Waals surface area contributed by atoms with Crippen molar-refractivity contribution in [1.29, 1.82) is 0 Å². The van der Waals surface area contributed by atoms with Gasteiger partial charge in [0.05, 0.1) is 0 Å². The van der Waals surface area contributed by atoms with Crippen molar-refractivity contribution >= 4 is 17.4 Å². The number of halogens is 1. The Bertz CT molecular complexity index is 336. The highest BCUT2D eigenvalue weighted by molar-refractivity contribution is 6.29. The molecule has 0 radical (unpaired) electrons. The zero-order chi connectivity index (χ0) is 12.0. The summed E-state index contributed by atoms with van der Waals surface area (Å²) in [6.45, 7) is 2.42. The maximum Gasteiger partial charge on any atom is 0.158 e. The summed E-state index contributed by atoms with van der Waals surface area (Å²) in [6.07, 6.45) is 0.654. The average molecular weight is 246 g/mol. The summed E-state index contributed by atoms with van der Waals surface area (Å²) in [4.78, 5) is 8.25. The van der Waals surface area contributed by atoms with Crippen molar-refractivity contribution in [1.82, 2.24) is 9.97 Å². The van der Waals surface area contributed by atoms with Gasteiger partial charge in [-0.2, -0.15) is 0 Å². The van der Waals surface area contributed by atoms with E-state index in [1.54, 1.807) is 13.2 Å². The highest BCUT2D eigenvalue weighted by atomic mass is 35.5. The summed E-state index contributed by atoms with van der Waals surface area (Å²) in [5.74, 6) is 1.18. The molecule has 0 aliphatic rings. The fraction of sp³-hybridized carbons (Fsp3) is 0.600. The van der Waals surface area contributed by atoms with Gasteiger partial charge in [-0.05, 0) is 13.3 Å². The topological polar surface area (TPSA) is 67.3 Å².